The monoisotopic (exact) mass is 372 g/mol. The van der Waals surface area contributed by atoms with Gasteiger partial charge in [-0.15, -0.1) is 0 Å². The summed E-state index contributed by atoms with van der Waals surface area (Å²) in [6.07, 6.45) is 0. The van der Waals surface area contributed by atoms with Gasteiger partial charge < -0.3 is 5.32 Å². The van der Waals surface area contributed by atoms with Crippen molar-refractivity contribution in [3.63, 3.8) is 0 Å². The molecule has 0 aliphatic heterocycles. The molecule has 0 fully saturated rings. The van der Waals surface area contributed by atoms with Crippen molar-refractivity contribution in [2.24, 2.45) is 0 Å². The molecule has 0 aliphatic rings. The van der Waals surface area contributed by atoms with Crippen LogP contribution in [-0.4, -0.2) is 32.7 Å². The summed E-state index contributed by atoms with van der Waals surface area (Å²) < 4.78 is 65.3. The molecule has 1 N–H and O–H groups in total. The first-order valence-corrected chi connectivity index (χ1v) is 8.47. The number of amides is 1. The summed E-state index contributed by atoms with van der Waals surface area (Å²) in [7, 11) is -1.10. The largest absolute Gasteiger partial charge is 0.319 e. The van der Waals surface area contributed by atoms with Crippen LogP contribution in [0.2, 0.25) is 0 Å². The van der Waals surface area contributed by atoms with E-state index in [1.54, 1.807) is 6.92 Å². The van der Waals surface area contributed by atoms with Gasteiger partial charge in [-0.25, -0.2) is 25.9 Å². The zero-order valence-corrected chi connectivity index (χ0v) is 14.4. The number of aryl methyl sites for hydroxylation is 1. The molecule has 0 bridgehead atoms. The Balaban J connectivity index is 2.40. The van der Waals surface area contributed by atoms with Crippen molar-refractivity contribution in [2.45, 2.75) is 11.8 Å². The smallest absolute Gasteiger partial charge is 0.255 e. The lowest BCUT2D eigenvalue weighted by atomic mass is 10.1. The van der Waals surface area contributed by atoms with Gasteiger partial charge in [-0.1, -0.05) is 6.07 Å². The van der Waals surface area contributed by atoms with Gasteiger partial charge in [0.05, 0.1) is 10.6 Å². The highest BCUT2D eigenvalue weighted by Gasteiger charge is 2.22. The highest BCUT2D eigenvalue weighted by atomic mass is 32.2. The van der Waals surface area contributed by atoms with Crippen molar-refractivity contribution in [3.8, 4) is 0 Å². The fourth-order valence-corrected chi connectivity index (χ4v) is 3.18. The first kappa shape index (κ1) is 18.9. The van der Waals surface area contributed by atoms with E-state index in [1.165, 1.54) is 26.2 Å². The number of carbonyl (C=O) groups excluding carboxylic acids is 1. The van der Waals surface area contributed by atoms with Crippen LogP contribution in [-0.2, 0) is 10.0 Å². The van der Waals surface area contributed by atoms with Crippen LogP contribution in [0.1, 0.15) is 15.9 Å². The molecule has 0 saturated carbocycles. The summed E-state index contributed by atoms with van der Waals surface area (Å²) in [6.45, 7) is 1.56. The van der Waals surface area contributed by atoms with E-state index < -0.39 is 39.1 Å². The molecule has 0 heterocycles. The van der Waals surface area contributed by atoms with Crippen LogP contribution < -0.4 is 5.32 Å². The molecule has 2 aromatic rings. The third kappa shape index (κ3) is 3.67. The molecular formula is C16H15F3N2O3S. The molecule has 0 saturated heterocycles. The second-order valence-electron chi connectivity index (χ2n) is 5.44. The zero-order chi connectivity index (χ0) is 18.9. The molecule has 9 heteroatoms. The van der Waals surface area contributed by atoms with Crippen LogP contribution >= 0.6 is 0 Å². The van der Waals surface area contributed by atoms with Gasteiger partial charge in [0.15, 0.2) is 17.5 Å². The number of benzene rings is 2. The SMILES string of the molecule is Cc1ccc(C(=O)Nc2ccc(F)c(F)c2F)cc1S(=O)(=O)N(C)C. The standard InChI is InChI=1S/C16H15F3N2O3S/c1-9-4-5-10(8-13(9)25(23,24)21(2)3)16(22)20-12-7-6-11(17)14(18)15(12)19/h4-8H,1-3H3,(H,20,22). The minimum atomic E-state index is -3.79. The van der Waals surface area contributed by atoms with Gasteiger partial charge in [0.2, 0.25) is 10.0 Å². The van der Waals surface area contributed by atoms with Gasteiger partial charge in [-0.2, -0.15) is 0 Å². The lowest BCUT2D eigenvalue weighted by Crippen LogP contribution is -2.24. The maximum absolute atomic E-state index is 13.6. The Morgan fingerprint density at radius 1 is 1.04 bits per heavy atom. The first-order valence-electron chi connectivity index (χ1n) is 7.03. The lowest BCUT2D eigenvalue weighted by molar-refractivity contribution is 0.102. The Morgan fingerprint density at radius 3 is 2.28 bits per heavy atom. The van der Waals surface area contributed by atoms with Crippen LogP contribution in [0.4, 0.5) is 18.9 Å². The number of halogens is 3. The Morgan fingerprint density at radius 2 is 1.68 bits per heavy atom. The third-order valence-electron chi connectivity index (χ3n) is 3.49. The van der Waals surface area contributed by atoms with Crippen molar-refractivity contribution in [1.29, 1.82) is 0 Å². The van der Waals surface area contributed by atoms with Crippen molar-refractivity contribution in [2.75, 3.05) is 19.4 Å². The molecule has 0 aliphatic carbocycles. The molecule has 0 unspecified atom stereocenters. The number of hydrogen-bond acceptors (Lipinski definition) is 3. The Bertz CT molecular complexity index is 944. The summed E-state index contributed by atoms with van der Waals surface area (Å²) in [6, 6.07) is 5.45. The molecule has 1 amide bonds. The molecule has 0 atom stereocenters. The number of anilines is 1. The molecule has 0 radical (unpaired) electrons. The number of sulfonamides is 1. The maximum Gasteiger partial charge on any atom is 0.255 e. The van der Waals surface area contributed by atoms with Crippen LogP contribution in [0.25, 0.3) is 0 Å². The predicted octanol–water partition coefficient (Wildman–Crippen LogP) is 2.91. The number of nitrogens with zero attached hydrogens (tertiary/aromatic N) is 1. The summed E-state index contributed by atoms with van der Waals surface area (Å²) in [5.41, 5.74) is -0.207. The lowest BCUT2D eigenvalue weighted by Gasteiger charge is -2.15. The van der Waals surface area contributed by atoms with Crippen LogP contribution in [0, 0.1) is 24.4 Å². The van der Waals surface area contributed by atoms with E-state index in [0.29, 0.717) is 11.6 Å². The second-order valence-corrected chi connectivity index (χ2v) is 7.56. The molecule has 2 aromatic carbocycles. The van der Waals surface area contributed by atoms with Gasteiger partial charge in [0.25, 0.3) is 5.91 Å². The maximum atomic E-state index is 13.6. The number of carbonyl (C=O) groups is 1. The Hall–Kier alpha value is -2.39. The van der Waals surface area contributed by atoms with Crippen molar-refractivity contribution < 1.29 is 26.4 Å². The van der Waals surface area contributed by atoms with Crippen LogP contribution in [0.3, 0.4) is 0 Å². The van der Waals surface area contributed by atoms with Crippen LogP contribution in [0.5, 0.6) is 0 Å². The number of nitrogens with one attached hydrogen (secondary N) is 1. The van der Waals surface area contributed by atoms with Gasteiger partial charge in [-0.05, 0) is 36.8 Å². The van der Waals surface area contributed by atoms with E-state index in [0.717, 1.165) is 16.4 Å². The molecule has 5 nitrogen and oxygen atoms in total. The predicted molar refractivity (Wildman–Crippen MR) is 86.3 cm³/mol. The van der Waals surface area contributed by atoms with Gasteiger partial charge >= 0.3 is 0 Å². The molecular weight excluding hydrogens is 357 g/mol. The Labute approximate surface area is 143 Å². The van der Waals surface area contributed by atoms with Crippen molar-refractivity contribution in [3.05, 3.63) is 58.9 Å². The minimum Gasteiger partial charge on any atom is -0.319 e. The van der Waals surface area contributed by atoms with E-state index in [4.69, 9.17) is 0 Å². The third-order valence-corrected chi connectivity index (χ3v) is 5.45. The molecule has 0 aromatic heterocycles. The fourth-order valence-electron chi connectivity index (χ4n) is 2.03. The highest BCUT2D eigenvalue weighted by molar-refractivity contribution is 7.89. The topological polar surface area (TPSA) is 66.5 Å². The Kier molecular flexibility index (Phi) is 5.19. The van der Waals surface area contributed by atoms with Gasteiger partial charge in [0.1, 0.15) is 0 Å². The van der Waals surface area contributed by atoms with E-state index in [9.17, 15) is 26.4 Å². The van der Waals surface area contributed by atoms with E-state index in [1.807, 2.05) is 0 Å². The molecule has 134 valence electrons. The quantitative estimate of drug-likeness (QED) is 0.840. The van der Waals surface area contributed by atoms with E-state index in [2.05, 4.69) is 5.32 Å². The average Bonchev–Trinajstić information content (AvgIpc) is 2.55. The van der Waals surface area contributed by atoms with E-state index >= 15 is 0 Å². The van der Waals surface area contributed by atoms with Gasteiger partial charge in [0, 0.05) is 19.7 Å². The summed E-state index contributed by atoms with van der Waals surface area (Å²) in [4.78, 5) is 12.1. The zero-order valence-electron chi connectivity index (χ0n) is 13.6. The normalized spacial score (nSPS) is 11.6. The van der Waals surface area contributed by atoms with Crippen molar-refractivity contribution in [1.82, 2.24) is 4.31 Å². The average molecular weight is 372 g/mol. The first-order chi connectivity index (χ1) is 11.6. The number of hydrogen-bond donors (Lipinski definition) is 1. The van der Waals surface area contributed by atoms with E-state index in [-0.39, 0.29) is 10.5 Å². The van der Waals surface area contributed by atoms with Gasteiger partial charge in [-0.3, -0.25) is 4.79 Å². The molecule has 2 rings (SSSR count). The fraction of sp³-hybridized carbons (Fsp3) is 0.188. The summed E-state index contributed by atoms with van der Waals surface area (Å²) >= 11 is 0. The summed E-state index contributed by atoms with van der Waals surface area (Å²) in [5, 5.41) is 2.09. The van der Waals surface area contributed by atoms with Crippen LogP contribution in [0.15, 0.2) is 35.2 Å². The summed E-state index contributed by atoms with van der Waals surface area (Å²) in [5.74, 6) is -5.50. The molecule has 25 heavy (non-hydrogen) atoms. The molecule has 0 spiro atoms. The number of rotatable bonds is 4. The van der Waals surface area contributed by atoms with Crippen molar-refractivity contribution >= 4 is 21.6 Å². The minimum absolute atomic E-state index is 0.0739. The highest BCUT2D eigenvalue weighted by Crippen LogP contribution is 2.23. The second kappa shape index (κ2) is 6.85.